The second kappa shape index (κ2) is 6.91. The van der Waals surface area contributed by atoms with E-state index >= 15 is 0 Å². The molecule has 0 aliphatic carbocycles. The van der Waals surface area contributed by atoms with Crippen LogP contribution in [0, 0.1) is 40.5 Å². The van der Waals surface area contributed by atoms with Gasteiger partial charge >= 0.3 is 0 Å². The standard InChI is InChI=1S/C18H30N2O2S/c1-11-12(2)14(4)18(15(5)13(11)3)23(21,22)20-16(6)17-8-7-9-19-10-17/h16-17,19-20H,7-10H2,1-6H3. The molecule has 1 aliphatic heterocycles. The monoisotopic (exact) mass is 338 g/mol. The first-order valence-electron chi connectivity index (χ1n) is 8.46. The molecular weight excluding hydrogens is 308 g/mol. The predicted molar refractivity (Wildman–Crippen MR) is 95.5 cm³/mol. The van der Waals surface area contributed by atoms with Crippen LogP contribution in [0.5, 0.6) is 0 Å². The summed E-state index contributed by atoms with van der Waals surface area (Å²) in [6, 6.07) is -0.0616. The minimum absolute atomic E-state index is 0.0616. The highest BCUT2D eigenvalue weighted by molar-refractivity contribution is 7.89. The third-order valence-electron chi connectivity index (χ3n) is 5.58. The highest BCUT2D eigenvalue weighted by Crippen LogP contribution is 2.30. The lowest BCUT2D eigenvalue weighted by molar-refractivity contribution is 0.320. The van der Waals surface area contributed by atoms with Gasteiger partial charge in [-0.05, 0) is 101 Å². The predicted octanol–water partition coefficient (Wildman–Crippen LogP) is 2.90. The summed E-state index contributed by atoms with van der Waals surface area (Å²) in [6.45, 7) is 13.8. The van der Waals surface area contributed by atoms with E-state index in [0.29, 0.717) is 10.8 Å². The van der Waals surface area contributed by atoms with Gasteiger partial charge in [0.1, 0.15) is 0 Å². The van der Waals surface area contributed by atoms with Crippen molar-refractivity contribution in [1.29, 1.82) is 0 Å². The van der Waals surface area contributed by atoms with Gasteiger partial charge in [-0.15, -0.1) is 0 Å². The van der Waals surface area contributed by atoms with Gasteiger partial charge in [0.2, 0.25) is 10.0 Å². The lowest BCUT2D eigenvalue weighted by Crippen LogP contribution is -2.44. The molecule has 0 saturated carbocycles. The Morgan fingerprint density at radius 2 is 1.52 bits per heavy atom. The molecule has 5 heteroatoms. The van der Waals surface area contributed by atoms with Gasteiger partial charge in [0, 0.05) is 6.04 Å². The zero-order valence-electron chi connectivity index (χ0n) is 15.2. The lowest BCUT2D eigenvalue weighted by atomic mass is 9.93. The van der Waals surface area contributed by atoms with Crippen LogP contribution in [0.25, 0.3) is 0 Å². The second-order valence-electron chi connectivity index (χ2n) is 6.97. The highest BCUT2D eigenvalue weighted by Gasteiger charge is 2.28. The normalized spacial score (nSPS) is 20.5. The molecule has 2 unspecified atom stereocenters. The highest BCUT2D eigenvalue weighted by atomic mass is 32.2. The summed E-state index contributed by atoms with van der Waals surface area (Å²) >= 11 is 0. The molecule has 1 aromatic carbocycles. The average Bonchev–Trinajstić information content (AvgIpc) is 2.51. The third-order valence-corrected chi connectivity index (χ3v) is 7.41. The van der Waals surface area contributed by atoms with Crippen molar-refractivity contribution in [2.45, 2.75) is 65.3 Å². The Morgan fingerprint density at radius 3 is 2.00 bits per heavy atom. The SMILES string of the molecule is Cc1c(C)c(C)c(S(=O)(=O)NC(C)C2CCCNC2)c(C)c1C. The van der Waals surface area contributed by atoms with E-state index in [4.69, 9.17) is 0 Å². The molecule has 130 valence electrons. The van der Waals surface area contributed by atoms with Gasteiger partial charge in [0.05, 0.1) is 4.90 Å². The number of piperidine rings is 1. The van der Waals surface area contributed by atoms with E-state index in [1.165, 1.54) is 5.56 Å². The molecule has 1 aromatic rings. The fourth-order valence-corrected chi connectivity index (χ4v) is 5.49. The first kappa shape index (κ1) is 18.4. The van der Waals surface area contributed by atoms with Crippen molar-refractivity contribution in [3.63, 3.8) is 0 Å². The van der Waals surface area contributed by atoms with E-state index in [1.807, 2.05) is 34.6 Å². The van der Waals surface area contributed by atoms with Crippen molar-refractivity contribution in [3.8, 4) is 0 Å². The Balaban J connectivity index is 2.36. The Hall–Kier alpha value is -0.910. The van der Waals surface area contributed by atoms with Crippen LogP contribution in [0.3, 0.4) is 0 Å². The topological polar surface area (TPSA) is 58.2 Å². The Bertz CT molecular complexity index is 660. The van der Waals surface area contributed by atoms with Gasteiger partial charge in [0.15, 0.2) is 0 Å². The lowest BCUT2D eigenvalue weighted by Gasteiger charge is -2.29. The largest absolute Gasteiger partial charge is 0.316 e. The van der Waals surface area contributed by atoms with Crippen molar-refractivity contribution in [3.05, 3.63) is 27.8 Å². The minimum atomic E-state index is -3.51. The van der Waals surface area contributed by atoms with Gasteiger partial charge < -0.3 is 5.32 Å². The molecule has 4 nitrogen and oxygen atoms in total. The summed E-state index contributed by atoms with van der Waals surface area (Å²) in [7, 11) is -3.51. The van der Waals surface area contributed by atoms with Crippen LogP contribution in [-0.4, -0.2) is 27.5 Å². The van der Waals surface area contributed by atoms with Crippen LogP contribution in [-0.2, 0) is 10.0 Å². The molecule has 0 bridgehead atoms. The van der Waals surface area contributed by atoms with Crippen LogP contribution in [0.2, 0.25) is 0 Å². The van der Waals surface area contributed by atoms with Crippen LogP contribution in [0.4, 0.5) is 0 Å². The molecule has 0 aromatic heterocycles. The van der Waals surface area contributed by atoms with Crippen molar-refractivity contribution >= 4 is 10.0 Å². The number of nitrogens with one attached hydrogen (secondary N) is 2. The summed E-state index contributed by atoms with van der Waals surface area (Å²) < 4.78 is 29.0. The number of rotatable bonds is 4. The van der Waals surface area contributed by atoms with Crippen LogP contribution < -0.4 is 10.0 Å². The number of hydrogen-bond donors (Lipinski definition) is 2. The molecule has 1 aliphatic rings. The Labute approximate surface area is 141 Å². The van der Waals surface area contributed by atoms with E-state index in [2.05, 4.69) is 17.0 Å². The Morgan fingerprint density at radius 1 is 1.00 bits per heavy atom. The van der Waals surface area contributed by atoms with Crippen molar-refractivity contribution in [1.82, 2.24) is 10.0 Å². The third kappa shape index (κ3) is 3.62. The minimum Gasteiger partial charge on any atom is -0.316 e. The van der Waals surface area contributed by atoms with Crippen molar-refractivity contribution in [2.24, 2.45) is 5.92 Å². The molecule has 2 rings (SSSR count). The molecular formula is C18H30N2O2S. The van der Waals surface area contributed by atoms with Gasteiger partial charge in [-0.2, -0.15) is 0 Å². The first-order valence-corrected chi connectivity index (χ1v) is 9.95. The van der Waals surface area contributed by atoms with Crippen LogP contribution >= 0.6 is 0 Å². The van der Waals surface area contributed by atoms with Gasteiger partial charge in [-0.3, -0.25) is 0 Å². The van der Waals surface area contributed by atoms with E-state index < -0.39 is 10.0 Å². The van der Waals surface area contributed by atoms with E-state index in [1.54, 1.807) is 0 Å². The summed E-state index contributed by atoms with van der Waals surface area (Å²) in [5.41, 5.74) is 5.06. The maximum atomic E-state index is 13.0. The van der Waals surface area contributed by atoms with Gasteiger partial charge in [-0.25, -0.2) is 13.1 Å². The van der Waals surface area contributed by atoms with E-state index in [9.17, 15) is 8.42 Å². The van der Waals surface area contributed by atoms with Crippen LogP contribution in [0.15, 0.2) is 4.90 Å². The zero-order valence-corrected chi connectivity index (χ0v) is 16.0. The van der Waals surface area contributed by atoms with Crippen molar-refractivity contribution in [2.75, 3.05) is 13.1 Å². The molecule has 0 radical (unpaired) electrons. The van der Waals surface area contributed by atoms with Gasteiger partial charge in [-0.1, -0.05) is 0 Å². The average molecular weight is 339 g/mol. The van der Waals surface area contributed by atoms with E-state index in [-0.39, 0.29) is 6.04 Å². The maximum absolute atomic E-state index is 13.0. The van der Waals surface area contributed by atoms with E-state index in [0.717, 1.165) is 48.2 Å². The van der Waals surface area contributed by atoms with Gasteiger partial charge in [0.25, 0.3) is 0 Å². The molecule has 23 heavy (non-hydrogen) atoms. The summed E-state index contributed by atoms with van der Waals surface area (Å²) in [4.78, 5) is 0.466. The molecule has 1 saturated heterocycles. The molecule has 2 N–H and O–H groups in total. The summed E-state index contributed by atoms with van der Waals surface area (Å²) in [5.74, 6) is 0.353. The number of benzene rings is 1. The second-order valence-corrected chi connectivity index (χ2v) is 8.62. The molecule has 0 amide bonds. The molecule has 1 heterocycles. The first-order chi connectivity index (χ1) is 10.7. The fraction of sp³-hybridized carbons (Fsp3) is 0.667. The molecule has 2 atom stereocenters. The quantitative estimate of drug-likeness (QED) is 0.887. The molecule has 0 spiro atoms. The summed E-state index contributed by atoms with van der Waals surface area (Å²) in [5, 5.41) is 3.35. The Kier molecular flexibility index (Phi) is 5.54. The maximum Gasteiger partial charge on any atom is 0.241 e. The number of hydrogen-bond acceptors (Lipinski definition) is 3. The molecule has 1 fully saturated rings. The smallest absolute Gasteiger partial charge is 0.241 e. The zero-order chi connectivity index (χ0) is 17.4. The fourth-order valence-electron chi connectivity index (χ4n) is 3.57. The van der Waals surface area contributed by atoms with Crippen LogP contribution in [0.1, 0.15) is 47.6 Å². The number of sulfonamides is 1. The summed E-state index contributed by atoms with van der Waals surface area (Å²) in [6.07, 6.45) is 2.18. The van der Waals surface area contributed by atoms with Crippen molar-refractivity contribution < 1.29 is 8.42 Å².